The minimum Gasteiger partial charge on any atom is -0.365 e. The van der Waals surface area contributed by atoms with Crippen molar-refractivity contribution in [2.45, 2.75) is 46.2 Å². The van der Waals surface area contributed by atoms with Gasteiger partial charge in [0.15, 0.2) is 0 Å². The molecule has 5 nitrogen and oxygen atoms in total. The zero-order valence-electron chi connectivity index (χ0n) is 11.8. The molecule has 2 aromatic rings. The van der Waals surface area contributed by atoms with E-state index in [1.54, 1.807) is 6.20 Å². The van der Waals surface area contributed by atoms with E-state index in [1.807, 2.05) is 25.6 Å². The van der Waals surface area contributed by atoms with Crippen LogP contribution in [0.4, 0.5) is 5.82 Å². The van der Waals surface area contributed by atoms with Gasteiger partial charge in [-0.25, -0.2) is 15.0 Å². The Labute approximate surface area is 114 Å². The molecule has 2 heterocycles. The standard InChI is InChI=1S/C14H21N5/c1-4-12-8-16-11(3)17-14(12)18-13(5-2)9-19-7-6-15-10-19/h6-8,10,13H,4-5,9H2,1-3H3,(H,16,17,18)/t13-/m1/s1. The number of hydrogen-bond acceptors (Lipinski definition) is 4. The van der Waals surface area contributed by atoms with Gasteiger partial charge in [-0.05, 0) is 19.8 Å². The van der Waals surface area contributed by atoms with Gasteiger partial charge in [-0.2, -0.15) is 0 Å². The van der Waals surface area contributed by atoms with Crippen LogP contribution in [0.5, 0.6) is 0 Å². The lowest BCUT2D eigenvalue weighted by atomic mass is 10.2. The minimum absolute atomic E-state index is 0.341. The van der Waals surface area contributed by atoms with E-state index in [0.29, 0.717) is 6.04 Å². The molecule has 0 aliphatic rings. The highest BCUT2D eigenvalue weighted by molar-refractivity contribution is 5.43. The molecule has 0 radical (unpaired) electrons. The molecule has 0 saturated carbocycles. The molecule has 0 aliphatic heterocycles. The quantitative estimate of drug-likeness (QED) is 0.865. The maximum Gasteiger partial charge on any atom is 0.133 e. The average molecular weight is 259 g/mol. The number of nitrogens with one attached hydrogen (secondary N) is 1. The average Bonchev–Trinajstić information content (AvgIpc) is 2.91. The summed E-state index contributed by atoms with van der Waals surface area (Å²) in [5, 5.41) is 3.53. The topological polar surface area (TPSA) is 55.6 Å². The Hall–Kier alpha value is -1.91. The van der Waals surface area contributed by atoms with E-state index >= 15 is 0 Å². The number of aryl methyl sites for hydroxylation is 2. The zero-order valence-corrected chi connectivity index (χ0v) is 11.8. The highest BCUT2D eigenvalue weighted by atomic mass is 15.1. The molecule has 2 rings (SSSR count). The van der Waals surface area contributed by atoms with Crippen LogP contribution in [0.3, 0.4) is 0 Å². The number of nitrogens with zero attached hydrogens (tertiary/aromatic N) is 4. The van der Waals surface area contributed by atoms with Crippen LogP contribution in [0.2, 0.25) is 0 Å². The van der Waals surface area contributed by atoms with Crippen molar-refractivity contribution in [3.05, 3.63) is 36.3 Å². The van der Waals surface area contributed by atoms with Crippen LogP contribution in [0.25, 0.3) is 0 Å². The van der Waals surface area contributed by atoms with Crippen molar-refractivity contribution in [2.75, 3.05) is 5.32 Å². The number of anilines is 1. The van der Waals surface area contributed by atoms with Crippen molar-refractivity contribution in [3.8, 4) is 0 Å². The second-order valence-corrected chi connectivity index (χ2v) is 4.65. The molecule has 1 atom stereocenters. The second kappa shape index (κ2) is 6.31. The van der Waals surface area contributed by atoms with E-state index in [1.165, 1.54) is 0 Å². The highest BCUT2D eigenvalue weighted by Gasteiger charge is 2.11. The summed E-state index contributed by atoms with van der Waals surface area (Å²) in [6.45, 7) is 7.11. The van der Waals surface area contributed by atoms with Gasteiger partial charge in [0.1, 0.15) is 11.6 Å². The second-order valence-electron chi connectivity index (χ2n) is 4.65. The van der Waals surface area contributed by atoms with E-state index < -0.39 is 0 Å². The van der Waals surface area contributed by atoms with Crippen molar-refractivity contribution in [1.29, 1.82) is 0 Å². The van der Waals surface area contributed by atoms with E-state index in [-0.39, 0.29) is 0 Å². The van der Waals surface area contributed by atoms with E-state index in [9.17, 15) is 0 Å². The predicted octanol–water partition coefficient (Wildman–Crippen LogP) is 2.43. The normalized spacial score (nSPS) is 12.4. The van der Waals surface area contributed by atoms with Gasteiger partial charge in [-0.1, -0.05) is 13.8 Å². The van der Waals surface area contributed by atoms with Crippen LogP contribution >= 0.6 is 0 Å². The third kappa shape index (κ3) is 3.53. The summed E-state index contributed by atoms with van der Waals surface area (Å²) >= 11 is 0. The summed E-state index contributed by atoms with van der Waals surface area (Å²) in [5.41, 5.74) is 1.16. The molecule has 0 fully saturated rings. The first-order valence-corrected chi connectivity index (χ1v) is 6.77. The molecule has 0 unspecified atom stereocenters. The SMILES string of the molecule is CCc1cnc(C)nc1N[C@H](CC)Cn1ccnc1. The first-order valence-electron chi connectivity index (χ1n) is 6.77. The van der Waals surface area contributed by atoms with Crippen LogP contribution in [0, 0.1) is 6.92 Å². The first-order chi connectivity index (χ1) is 9.22. The Bertz CT molecular complexity index is 507. The lowest BCUT2D eigenvalue weighted by Gasteiger charge is -2.20. The summed E-state index contributed by atoms with van der Waals surface area (Å²) in [4.78, 5) is 12.8. The van der Waals surface area contributed by atoms with Gasteiger partial charge in [0, 0.05) is 36.7 Å². The molecular weight excluding hydrogens is 238 g/mol. The van der Waals surface area contributed by atoms with Gasteiger partial charge in [-0.3, -0.25) is 0 Å². The van der Waals surface area contributed by atoms with Crippen molar-refractivity contribution < 1.29 is 0 Å². The summed E-state index contributed by atoms with van der Waals surface area (Å²) in [5.74, 6) is 1.76. The van der Waals surface area contributed by atoms with Crippen LogP contribution < -0.4 is 5.32 Å². The number of rotatable bonds is 6. The molecule has 0 aromatic carbocycles. The third-order valence-corrected chi connectivity index (χ3v) is 3.19. The Morgan fingerprint density at radius 1 is 1.37 bits per heavy atom. The molecular formula is C14H21N5. The summed E-state index contributed by atoms with van der Waals surface area (Å²) in [6, 6.07) is 0.341. The van der Waals surface area contributed by atoms with Crippen molar-refractivity contribution in [1.82, 2.24) is 19.5 Å². The Kier molecular flexibility index (Phi) is 4.49. The van der Waals surface area contributed by atoms with Crippen LogP contribution in [0.15, 0.2) is 24.9 Å². The Morgan fingerprint density at radius 2 is 2.21 bits per heavy atom. The lowest BCUT2D eigenvalue weighted by Crippen LogP contribution is -2.25. The van der Waals surface area contributed by atoms with Gasteiger partial charge in [-0.15, -0.1) is 0 Å². The number of imidazole rings is 1. The first kappa shape index (κ1) is 13.5. The van der Waals surface area contributed by atoms with Crippen molar-refractivity contribution in [2.24, 2.45) is 0 Å². The van der Waals surface area contributed by atoms with Gasteiger partial charge < -0.3 is 9.88 Å². The lowest BCUT2D eigenvalue weighted by molar-refractivity contribution is 0.566. The third-order valence-electron chi connectivity index (χ3n) is 3.19. The molecule has 19 heavy (non-hydrogen) atoms. The molecule has 0 bridgehead atoms. The van der Waals surface area contributed by atoms with Gasteiger partial charge in [0.25, 0.3) is 0 Å². The fourth-order valence-corrected chi connectivity index (χ4v) is 2.00. The van der Waals surface area contributed by atoms with Gasteiger partial charge in [0.2, 0.25) is 0 Å². The fraction of sp³-hybridized carbons (Fsp3) is 0.500. The predicted molar refractivity (Wildman–Crippen MR) is 76.1 cm³/mol. The van der Waals surface area contributed by atoms with Gasteiger partial charge >= 0.3 is 0 Å². The van der Waals surface area contributed by atoms with E-state index in [0.717, 1.165) is 36.6 Å². The maximum absolute atomic E-state index is 4.51. The van der Waals surface area contributed by atoms with Crippen LogP contribution in [-0.4, -0.2) is 25.6 Å². The number of hydrogen-bond donors (Lipinski definition) is 1. The largest absolute Gasteiger partial charge is 0.365 e. The molecule has 102 valence electrons. The van der Waals surface area contributed by atoms with Crippen LogP contribution in [-0.2, 0) is 13.0 Å². The smallest absolute Gasteiger partial charge is 0.133 e. The highest BCUT2D eigenvalue weighted by Crippen LogP contribution is 2.15. The monoisotopic (exact) mass is 259 g/mol. The molecule has 0 aliphatic carbocycles. The molecule has 0 saturated heterocycles. The summed E-state index contributed by atoms with van der Waals surface area (Å²) < 4.78 is 2.08. The molecule has 5 heteroatoms. The fourth-order valence-electron chi connectivity index (χ4n) is 2.00. The zero-order chi connectivity index (χ0) is 13.7. The van der Waals surface area contributed by atoms with Crippen molar-refractivity contribution in [3.63, 3.8) is 0 Å². The molecule has 0 amide bonds. The van der Waals surface area contributed by atoms with Crippen molar-refractivity contribution >= 4 is 5.82 Å². The maximum atomic E-state index is 4.51. The summed E-state index contributed by atoms with van der Waals surface area (Å²) in [7, 11) is 0. The Morgan fingerprint density at radius 3 is 2.84 bits per heavy atom. The van der Waals surface area contributed by atoms with Gasteiger partial charge in [0.05, 0.1) is 6.33 Å². The van der Waals surface area contributed by atoms with Crippen LogP contribution in [0.1, 0.15) is 31.7 Å². The summed E-state index contributed by atoms with van der Waals surface area (Å²) in [6.07, 6.45) is 9.51. The minimum atomic E-state index is 0.341. The van der Waals surface area contributed by atoms with E-state index in [2.05, 4.69) is 38.7 Å². The molecule has 1 N–H and O–H groups in total. The molecule has 0 spiro atoms. The molecule has 2 aromatic heterocycles. The number of aromatic nitrogens is 4. The Balaban J connectivity index is 2.11. The van der Waals surface area contributed by atoms with E-state index in [4.69, 9.17) is 0 Å².